The van der Waals surface area contributed by atoms with Gasteiger partial charge in [0.25, 0.3) is 0 Å². The molecule has 6 atom stereocenters. The van der Waals surface area contributed by atoms with E-state index in [1.54, 1.807) is 21.6 Å². The van der Waals surface area contributed by atoms with E-state index in [0.29, 0.717) is 19.6 Å². The highest BCUT2D eigenvalue weighted by atomic mass is 32.2. The van der Waals surface area contributed by atoms with E-state index < -0.39 is 28.7 Å². The van der Waals surface area contributed by atoms with Crippen molar-refractivity contribution in [2.24, 2.45) is 11.8 Å². The Labute approximate surface area is 245 Å². The van der Waals surface area contributed by atoms with Crippen molar-refractivity contribution in [2.45, 2.75) is 48.3 Å². The van der Waals surface area contributed by atoms with Crippen LogP contribution in [0.15, 0.2) is 85.0 Å². The van der Waals surface area contributed by atoms with Gasteiger partial charge in [-0.05, 0) is 24.1 Å². The van der Waals surface area contributed by atoms with Gasteiger partial charge in [-0.15, -0.1) is 11.8 Å². The van der Waals surface area contributed by atoms with Gasteiger partial charge in [0.05, 0.1) is 29.2 Å². The summed E-state index contributed by atoms with van der Waals surface area (Å²) in [6.07, 6.45) is 11.1. The van der Waals surface area contributed by atoms with Crippen LogP contribution in [-0.2, 0) is 14.4 Å². The maximum atomic E-state index is 14.7. The molecular formula is C33H37N3O4S. The summed E-state index contributed by atoms with van der Waals surface area (Å²) in [4.78, 5) is 48.8. The van der Waals surface area contributed by atoms with Gasteiger partial charge in [-0.2, -0.15) is 0 Å². The van der Waals surface area contributed by atoms with E-state index in [1.807, 2.05) is 83.8 Å². The zero-order valence-corrected chi connectivity index (χ0v) is 24.2. The number of aliphatic hydroxyl groups excluding tert-OH is 1. The van der Waals surface area contributed by atoms with Crippen LogP contribution in [0.1, 0.15) is 37.8 Å². The highest BCUT2D eigenvalue weighted by Crippen LogP contribution is 2.62. The van der Waals surface area contributed by atoms with E-state index in [4.69, 9.17) is 0 Å². The first-order chi connectivity index (χ1) is 20.0. The second kappa shape index (κ2) is 11.5. The summed E-state index contributed by atoms with van der Waals surface area (Å²) in [5.41, 5.74) is 1.57. The Balaban J connectivity index is 1.46. The molecule has 4 aliphatic rings. The number of rotatable bonds is 8. The number of carbonyl (C=O) groups is 3. The molecule has 2 aromatic rings. The number of nitrogens with zero attached hydrogens (tertiary/aromatic N) is 3. The molecule has 8 heteroatoms. The largest absolute Gasteiger partial charge is 0.394 e. The first kappa shape index (κ1) is 27.8. The molecule has 0 aromatic heterocycles. The maximum absolute atomic E-state index is 14.7. The summed E-state index contributed by atoms with van der Waals surface area (Å²) < 4.78 is -0.912. The topological polar surface area (TPSA) is 81.2 Å². The van der Waals surface area contributed by atoms with Crippen LogP contribution in [0.2, 0.25) is 0 Å². The molecular weight excluding hydrogens is 534 g/mol. The van der Waals surface area contributed by atoms with Gasteiger partial charge < -0.3 is 19.8 Å². The van der Waals surface area contributed by atoms with Gasteiger partial charge in [0.2, 0.25) is 17.7 Å². The van der Waals surface area contributed by atoms with Crippen LogP contribution in [0.5, 0.6) is 0 Å². The second-order valence-electron chi connectivity index (χ2n) is 11.3. The van der Waals surface area contributed by atoms with Gasteiger partial charge in [0, 0.05) is 30.6 Å². The second-order valence-corrected chi connectivity index (χ2v) is 12.8. The third kappa shape index (κ3) is 4.61. The highest BCUT2D eigenvalue weighted by Gasteiger charge is 2.71. The first-order valence-corrected chi connectivity index (χ1v) is 15.5. The molecule has 2 fully saturated rings. The zero-order chi connectivity index (χ0) is 28.6. The van der Waals surface area contributed by atoms with Crippen LogP contribution in [0.25, 0.3) is 0 Å². The average molecular weight is 572 g/mol. The average Bonchev–Trinajstić information content (AvgIpc) is 3.31. The summed E-state index contributed by atoms with van der Waals surface area (Å²) >= 11 is 1.58. The molecule has 0 radical (unpaired) electrons. The summed E-state index contributed by atoms with van der Waals surface area (Å²) in [7, 11) is 0. The lowest BCUT2D eigenvalue weighted by Crippen LogP contribution is -2.54. The monoisotopic (exact) mass is 571 g/mol. The van der Waals surface area contributed by atoms with Crippen molar-refractivity contribution in [3.63, 3.8) is 0 Å². The van der Waals surface area contributed by atoms with Crippen molar-refractivity contribution in [1.82, 2.24) is 9.80 Å². The number of hydrogen-bond acceptors (Lipinski definition) is 5. The molecule has 4 heterocycles. The minimum absolute atomic E-state index is 0.0975. The lowest BCUT2D eigenvalue weighted by atomic mass is 9.78. The minimum atomic E-state index is -0.912. The van der Waals surface area contributed by atoms with E-state index in [1.165, 1.54) is 0 Å². The Kier molecular flexibility index (Phi) is 7.79. The Bertz CT molecular complexity index is 1350. The van der Waals surface area contributed by atoms with E-state index in [9.17, 15) is 19.5 Å². The SMILES string of the molecule is CCCCCN1CC=C[C@]23S[C@H]4C=CCN(c5ccccc5)C(=O)[C@H]4[C@H]2C(=O)N([C@H](CO)c2ccccc2)C3C1=O. The van der Waals surface area contributed by atoms with Crippen molar-refractivity contribution in [2.75, 3.05) is 31.1 Å². The predicted octanol–water partition coefficient (Wildman–Crippen LogP) is 4.21. The van der Waals surface area contributed by atoms with E-state index >= 15 is 0 Å². The number of likely N-dealkylation sites (tertiary alicyclic amines) is 1. The zero-order valence-electron chi connectivity index (χ0n) is 23.3. The normalized spacial score (nSPS) is 29.7. The predicted molar refractivity (Wildman–Crippen MR) is 161 cm³/mol. The maximum Gasteiger partial charge on any atom is 0.247 e. The number of fused-ring (bicyclic) bond motifs is 2. The summed E-state index contributed by atoms with van der Waals surface area (Å²) in [5, 5.41) is 10.5. The number of aliphatic hydroxyl groups is 1. The van der Waals surface area contributed by atoms with Gasteiger partial charge in [0.1, 0.15) is 6.04 Å². The van der Waals surface area contributed by atoms with Crippen LogP contribution in [0.3, 0.4) is 0 Å². The molecule has 1 unspecified atom stereocenters. The van der Waals surface area contributed by atoms with Crippen molar-refractivity contribution in [3.8, 4) is 0 Å². The number of hydrogen-bond donors (Lipinski definition) is 1. The molecule has 0 aliphatic carbocycles. The molecule has 0 saturated carbocycles. The third-order valence-electron chi connectivity index (χ3n) is 8.97. The number of unbranched alkanes of at least 4 members (excludes halogenated alkanes) is 2. The molecule has 0 bridgehead atoms. The fraction of sp³-hybridized carbons (Fsp3) is 0.424. The van der Waals surface area contributed by atoms with Crippen LogP contribution < -0.4 is 4.90 Å². The van der Waals surface area contributed by atoms with Gasteiger partial charge in [-0.3, -0.25) is 14.4 Å². The molecule has 3 amide bonds. The number of anilines is 1. The number of thioether (sulfide) groups is 1. The first-order valence-electron chi connectivity index (χ1n) is 14.7. The third-order valence-corrected chi connectivity index (χ3v) is 10.7. The smallest absolute Gasteiger partial charge is 0.247 e. The molecule has 4 aliphatic heterocycles. The van der Waals surface area contributed by atoms with Gasteiger partial charge in [-0.1, -0.05) is 92.6 Å². The van der Waals surface area contributed by atoms with Crippen LogP contribution in [0, 0.1) is 11.8 Å². The van der Waals surface area contributed by atoms with Gasteiger partial charge in [0.15, 0.2) is 0 Å². The Morgan fingerprint density at radius 2 is 1.66 bits per heavy atom. The van der Waals surface area contributed by atoms with Crippen LogP contribution >= 0.6 is 11.8 Å². The molecule has 7 nitrogen and oxygen atoms in total. The number of benzene rings is 2. The number of carbonyl (C=O) groups excluding carboxylic acids is 3. The fourth-order valence-corrected chi connectivity index (χ4v) is 9.08. The van der Waals surface area contributed by atoms with Crippen molar-refractivity contribution >= 4 is 35.2 Å². The number of para-hydroxylation sites is 1. The highest BCUT2D eigenvalue weighted by molar-refractivity contribution is 8.02. The lowest BCUT2D eigenvalue weighted by Gasteiger charge is -2.38. The lowest BCUT2D eigenvalue weighted by molar-refractivity contribution is -0.145. The number of amides is 3. The van der Waals surface area contributed by atoms with Crippen molar-refractivity contribution in [3.05, 3.63) is 90.5 Å². The standard InChI is InChI=1S/C33H37N3O4S/c1-2-3-10-19-34-20-12-18-33-28(27-26(41-33)17-11-21-35(30(27)38)24-15-8-5-9-16-24)31(39)36(29(33)32(34)40)25(22-37)23-13-6-4-7-14-23/h4-9,11-18,25-29,37H,2-3,10,19-22H2,1H3/t25-,26+,27-,28+,29?,33+/m1/s1. The Morgan fingerprint density at radius 3 is 2.37 bits per heavy atom. The van der Waals surface area contributed by atoms with Crippen LogP contribution in [0.4, 0.5) is 5.69 Å². The Morgan fingerprint density at radius 1 is 0.927 bits per heavy atom. The van der Waals surface area contributed by atoms with E-state index in [2.05, 4.69) is 13.0 Å². The fourth-order valence-electron chi connectivity index (χ4n) is 7.08. The molecule has 214 valence electrons. The van der Waals surface area contributed by atoms with Crippen molar-refractivity contribution < 1.29 is 19.5 Å². The molecule has 41 heavy (non-hydrogen) atoms. The van der Waals surface area contributed by atoms with E-state index in [0.717, 1.165) is 30.5 Å². The minimum Gasteiger partial charge on any atom is -0.394 e. The van der Waals surface area contributed by atoms with E-state index in [-0.39, 0.29) is 29.6 Å². The quantitative estimate of drug-likeness (QED) is 0.379. The Hall–Kier alpha value is -3.36. The molecule has 2 saturated heterocycles. The molecule has 1 spiro atoms. The molecule has 2 aromatic carbocycles. The summed E-state index contributed by atoms with van der Waals surface area (Å²) in [6, 6.07) is 17.5. The van der Waals surface area contributed by atoms with Gasteiger partial charge in [-0.25, -0.2) is 0 Å². The molecule has 1 N–H and O–H groups in total. The van der Waals surface area contributed by atoms with Crippen LogP contribution in [-0.4, -0.2) is 74.9 Å². The van der Waals surface area contributed by atoms with Crippen molar-refractivity contribution in [1.29, 1.82) is 0 Å². The molecule has 6 rings (SSSR count). The summed E-state index contributed by atoms with van der Waals surface area (Å²) in [6.45, 7) is 3.34. The summed E-state index contributed by atoms with van der Waals surface area (Å²) in [5.74, 6) is -1.78. The van der Waals surface area contributed by atoms with Gasteiger partial charge >= 0.3 is 0 Å².